The van der Waals surface area contributed by atoms with E-state index in [4.69, 9.17) is 5.84 Å². The molecule has 0 aromatic rings. The van der Waals surface area contributed by atoms with Gasteiger partial charge in [-0.1, -0.05) is 24.5 Å². The van der Waals surface area contributed by atoms with Gasteiger partial charge in [-0.2, -0.15) is 0 Å². The molecule has 5 aliphatic rings. The van der Waals surface area contributed by atoms with Crippen molar-refractivity contribution in [2.75, 3.05) is 0 Å². The number of rotatable bonds is 3. The van der Waals surface area contributed by atoms with Crippen LogP contribution in [0.1, 0.15) is 70.6 Å². The molecule has 0 saturated heterocycles. The van der Waals surface area contributed by atoms with Crippen molar-refractivity contribution in [1.29, 1.82) is 0 Å². The molecular weight excluding hydrogens is 256 g/mol. The van der Waals surface area contributed by atoms with Gasteiger partial charge in [0.1, 0.15) is 0 Å². The first-order chi connectivity index (χ1) is 10.3. The summed E-state index contributed by atoms with van der Waals surface area (Å²) in [5, 5.41) is 0. The number of hydrazine groups is 1. The highest BCUT2D eigenvalue weighted by atomic mass is 15.2. The number of hydrogen-bond donors (Lipinski definition) is 2. The van der Waals surface area contributed by atoms with Gasteiger partial charge in [-0.05, 0) is 87.4 Å². The maximum Gasteiger partial charge on any atom is 0.0453 e. The van der Waals surface area contributed by atoms with Crippen LogP contribution >= 0.6 is 0 Å². The summed E-state index contributed by atoms with van der Waals surface area (Å²) in [5.41, 5.74) is 4.94. The van der Waals surface area contributed by atoms with Crippen molar-refractivity contribution in [3.05, 3.63) is 11.6 Å². The van der Waals surface area contributed by atoms with Gasteiger partial charge >= 0.3 is 0 Å². The van der Waals surface area contributed by atoms with Crippen LogP contribution in [0, 0.1) is 29.6 Å². The van der Waals surface area contributed by atoms with Gasteiger partial charge in [0.05, 0.1) is 0 Å². The van der Waals surface area contributed by atoms with E-state index < -0.39 is 0 Å². The van der Waals surface area contributed by atoms with E-state index >= 15 is 0 Å². The first kappa shape index (κ1) is 14.3. The van der Waals surface area contributed by atoms with E-state index in [0.717, 1.165) is 29.6 Å². The summed E-state index contributed by atoms with van der Waals surface area (Å²) < 4.78 is 0. The number of hydrogen-bond acceptors (Lipinski definition) is 2. The molecule has 0 radical (unpaired) electrons. The van der Waals surface area contributed by atoms with Gasteiger partial charge in [0.25, 0.3) is 0 Å². The number of allylic oxidation sites excluding steroid dienone is 1. The highest BCUT2D eigenvalue weighted by molar-refractivity contribution is 5.17. The molecule has 1 atom stereocenters. The standard InChI is InChI=1S/C19H32N2/c20-21-19(15-6-4-2-1-3-5-7-15)18-16-9-13-8-14(11-16)12-17(18)10-13/h6,13-14,16-19,21H,1-5,7-12,20H2. The maximum absolute atomic E-state index is 6.08. The SMILES string of the molecule is NNC(C1=CCCCCCC1)C1C2CC3CC(C2)CC1C3. The number of nitrogens with one attached hydrogen (secondary N) is 1. The van der Waals surface area contributed by atoms with Crippen LogP contribution in [0.3, 0.4) is 0 Å². The van der Waals surface area contributed by atoms with E-state index in [1.165, 1.54) is 64.2 Å². The fourth-order valence-electron chi connectivity index (χ4n) is 6.48. The minimum absolute atomic E-state index is 0.484. The van der Waals surface area contributed by atoms with Crippen LogP contribution in [0.2, 0.25) is 0 Å². The minimum atomic E-state index is 0.484. The van der Waals surface area contributed by atoms with Crippen molar-refractivity contribution in [2.45, 2.75) is 76.7 Å². The molecule has 5 rings (SSSR count). The quantitative estimate of drug-likeness (QED) is 0.465. The molecule has 4 bridgehead atoms. The van der Waals surface area contributed by atoms with Crippen molar-refractivity contribution in [3.63, 3.8) is 0 Å². The molecule has 0 spiro atoms. The second-order valence-corrected chi connectivity index (χ2v) is 8.38. The fourth-order valence-corrected chi connectivity index (χ4v) is 6.48. The maximum atomic E-state index is 6.08. The lowest BCUT2D eigenvalue weighted by Crippen LogP contribution is -2.55. The topological polar surface area (TPSA) is 38.0 Å². The average Bonchev–Trinajstić information content (AvgIpc) is 2.43. The first-order valence-electron chi connectivity index (χ1n) is 9.50. The predicted octanol–water partition coefficient (Wildman–Crippen LogP) is 4.17. The third kappa shape index (κ3) is 2.70. The van der Waals surface area contributed by atoms with E-state index in [0.29, 0.717) is 6.04 Å². The zero-order chi connectivity index (χ0) is 14.2. The van der Waals surface area contributed by atoms with Gasteiger partial charge in [-0.15, -0.1) is 0 Å². The monoisotopic (exact) mass is 288 g/mol. The normalized spacial score (nSPS) is 44.0. The summed E-state index contributed by atoms with van der Waals surface area (Å²) in [7, 11) is 0. The average molecular weight is 288 g/mol. The summed E-state index contributed by atoms with van der Waals surface area (Å²) >= 11 is 0. The van der Waals surface area contributed by atoms with Crippen molar-refractivity contribution < 1.29 is 0 Å². The molecule has 21 heavy (non-hydrogen) atoms. The van der Waals surface area contributed by atoms with Gasteiger partial charge in [0.15, 0.2) is 0 Å². The molecule has 0 aromatic heterocycles. The molecule has 0 aromatic carbocycles. The summed E-state index contributed by atoms with van der Waals surface area (Å²) in [5.74, 6) is 11.0. The van der Waals surface area contributed by atoms with Crippen molar-refractivity contribution in [3.8, 4) is 0 Å². The third-order valence-corrected chi connectivity index (χ3v) is 7.09. The Hall–Kier alpha value is -0.340. The molecule has 4 saturated carbocycles. The van der Waals surface area contributed by atoms with E-state index in [9.17, 15) is 0 Å². The minimum Gasteiger partial charge on any atom is -0.271 e. The Balaban J connectivity index is 1.55. The molecule has 2 heteroatoms. The molecule has 118 valence electrons. The third-order valence-electron chi connectivity index (χ3n) is 7.09. The Bertz CT molecular complexity index is 372. The van der Waals surface area contributed by atoms with Gasteiger partial charge in [0, 0.05) is 6.04 Å². The largest absolute Gasteiger partial charge is 0.271 e. The van der Waals surface area contributed by atoms with Crippen LogP contribution < -0.4 is 11.3 Å². The highest BCUT2D eigenvalue weighted by Gasteiger charge is 2.50. The van der Waals surface area contributed by atoms with Crippen molar-refractivity contribution in [1.82, 2.24) is 5.43 Å². The zero-order valence-corrected chi connectivity index (χ0v) is 13.4. The molecule has 2 nitrogen and oxygen atoms in total. The van der Waals surface area contributed by atoms with Gasteiger partial charge < -0.3 is 0 Å². The Morgan fingerprint density at radius 1 is 0.905 bits per heavy atom. The lowest BCUT2D eigenvalue weighted by atomic mass is 9.50. The molecule has 1 unspecified atom stereocenters. The molecule has 3 N–H and O–H groups in total. The van der Waals surface area contributed by atoms with Gasteiger partial charge in [-0.3, -0.25) is 11.3 Å². The Kier molecular flexibility index (Phi) is 4.10. The van der Waals surface area contributed by atoms with E-state index in [2.05, 4.69) is 11.5 Å². The number of nitrogens with two attached hydrogens (primary N) is 1. The molecule has 4 fully saturated rings. The van der Waals surface area contributed by atoms with E-state index in [-0.39, 0.29) is 0 Å². The van der Waals surface area contributed by atoms with E-state index in [1.807, 2.05) is 0 Å². The highest BCUT2D eigenvalue weighted by Crippen LogP contribution is 2.58. The van der Waals surface area contributed by atoms with Gasteiger partial charge in [0.2, 0.25) is 0 Å². The Morgan fingerprint density at radius 2 is 1.57 bits per heavy atom. The molecule has 5 aliphatic carbocycles. The smallest absolute Gasteiger partial charge is 0.0453 e. The Labute approximate surface area is 129 Å². The fraction of sp³-hybridized carbons (Fsp3) is 0.895. The van der Waals surface area contributed by atoms with Crippen LogP contribution in [0.4, 0.5) is 0 Å². The van der Waals surface area contributed by atoms with Crippen LogP contribution in [-0.2, 0) is 0 Å². The molecular formula is C19H32N2. The summed E-state index contributed by atoms with van der Waals surface area (Å²) in [4.78, 5) is 0. The summed E-state index contributed by atoms with van der Waals surface area (Å²) in [6.07, 6.45) is 18.3. The Morgan fingerprint density at radius 3 is 2.24 bits per heavy atom. The second-order valence-electron chi connectivity index (χ2n) is 8.38. The molecule has 0 aliphatic heterocycles. The first-order valence-corrected chi connectivity index (χ1v) is 9.50. The van der Waals surface area contributed by atoms with E-state index in [1.54, 1.807) is 12.0 Å². The van der Waals surface area contributed by atoms with Crippen LogP contribution in [0.15, 0.2) is 11.6 Å². The van der Waals surface area contributed by atoms with Gasteiger partial charge in [-0.25, -0.2) is 0 Å². The predicted molar refractivity (Wildman–Crippen MR) is 87.4 cm³/mol. The summed E-state index contributed by atoms with van der Waals surface area (Å²) in [6, 6.07) is 0.484. The molecule has 0 heterocycles. The van der Waals surface area contributed by atoms with Crippen LogP contribution in [-0.4, -0.2) is 6.04 Å². The zero-order valence-electron chi connectivity index (χ0n) is 13.4. The van der Waals surface area contributed by atoms with Crippen molar-refractivity contribution >= 4 is 0 Å². The van der Waals surface area contributed by atoms with Crippen LogP contribution in [0.5, 0.6) is 0 Å². The molecule has 0 amide bonds. The van der Waals surface area contributed by atoms with Crippen molar-refractivity contribution in [2.24, 2.45) is 35.4 Å². The lowest BCUT2D eigenvalue weighted by Gasteiger charge is -2.56. The second kappa shape index (κ2) is 6.04. The van der Waals surface area contributed by atoms with Crippen LogP contribution in [0.25, 0.3) is 0 Å². The summed E-state index contributed by atoms with van der Waals surface area (Å²) in [6.45, 7) is 0. The lowest BCUT2D eigenvalue weighted by molar-refractivity contribution is -0.0472.